The maximum absolute atomic E-state index is 13.8. The van der Waals surface area contributed by atoms with Gasteiger partial charge in [0.15, 0.2) is 5.82 Å². The molecule has 0 aliphatic carbocycles. The molecular formula is C30H32F3N9O2. The summed E-state index contributed by atoms with van der Waals surface area (Å²) in [5, 5.41) is 9.23. The molecule has 1 atom stereocenters. The van der Waals surface area contributed by atoms with E-state index >= 15 is 0 Å². The molecule has 2 aliphatic rings. The van der Waals surface area contributed by atoms with Crippen molar-refractivity contribution >= 4 is 45.8 Å². The minimum atomic E-state index is -4.57. The number of ether oxygens (including phenoxy) is 1. The lowest BCUT2D eigenvalue weighted by molar-refractivity contribution is -0.137. The van der Waals surface area contributed by atoms with Crippen LogP contribution in [0.25, 0.3) is 11.0 Å². The highest BCUT2D eigenvalue weighted by molar-refractivity contribution is 6.05. The molecule has 0 spiro atoms. The summed E-state index contributed by atoms with van der Waals surface area (Å²) in [6, 6.07) is 8.81. The van der Waals surface area contributed by atoms with E-state index in [4.69, 9.17) is 9.72 Å². The van der Waals surface area contributed by atoms with Crippen LogP contribution in [0.5, 0.6) is 0 Å². The van der Waals surface area contributed by atoms with Crippen LogP contribution in [-0.2, 0) is 10.9 Å². The number of benzene rings is 2. The van der Waals surface area contributed by atoms with Crippen molar-refractivity contribution in [1.29, 1.82) is 0 Å². The van der Waals surface area contributed by atoms with Crippen LogP contribution >= 0.6 is 0 Å². The molecule has 0 bridgehead atoms. The number of morpholine rings is 1. The molecule has 2 aromatic heterocycles. The topological polar surface area (TPSA) is 120 Å². The van der Waals surface area contributed by atoms with Gasteiger partial charge in [0, 0.05) is 61.4 Å². The van der Waals surface area contributed by atoms with E-state index in [0.717, 1.165) is 17.7 Å². The highest BCUT2D eigenvalue weighted by atomic mass is 19.4. The lowest BCUT2D eigenvalue weighted by Gasteiger charge is -2.34. The number of alkyl halides is 3. The third kappa shape index (κ3) is 6.50. The number of anilines is 5. The van der Waals surface area contributed by atoms with E-state index in [-0.39, 0.29) is 17.3 Å². The molecule has 11 nitrogen and oxygen atoms in total. The molecule has 1 unspecified atom stereocenters. The molecule has 44 heavy (non-hydrogen) atoms. The van der Waals surface area contributed by atoms with Gasteiger partial charge in [0.05, 0.1) is 25.0 Å². The van der Waals surface area contributed by atoms with Gasteiger partial charge in [-0.3, -0.25) is 4.79 Å². The molecule has 0 radical (unpaired) electrons. The van der Waals surface area contributed by atoms with Crippen LogP contribution in [-0.4, -0.2) is 77.8 Å². The Bertz CT molecular complexity index is 1680. The first-order valence-electron chi connectivity index (χ1n) is 14.3. The summed E-state index contributed by atoms with van der Waals surface area (Å²) < 4.78 is 46.9. The van der Waals surface area contributed by atoms with E-state index in [9.17, 15) is 18.0 Å². The van der Waals surface area contributed by atoms with Crippen LogP contribution in [0, 0.1) is 6.92 Å². The monoisotopic (exact) mass is 607 g/mol. The van der Waals surface area contributed by atoms with Gasteiger partial charge in [0.2, 0.25) is 5.95 Å². The third-order valence-corrected chi connectivity index (χ3v) is 7.65. The third-order valence-electron chi connectivity index (χ3n) is 7.65. The molecule has 3 N–H and O–H groups in total. The first kappa shape index (κ1) is 29.5. The Balaban J connectivity index is 1.26. The van der Waals surface area contributed by atoms with E-state index in [0.29, 0.717) is 80.1 Å². The van der Waals surface area contributed by atoms with E-state index < -0.39 is 17.6 Å². The van der Waals surface area contributed by atoms with Gasteiger partial charge >= 0.3 is 6.18 Å². The van der Waals surface area contributed by atoms with Crippen molar-refractivity contribution in [2.24, 2.45) is 0 Å². The van der Waals surface area contributed by atoms with Crippen molar-refractivity contribution in [3.63, 3.8) is 0 Å². The Morgan fingerprint density at radius 3 is 2.64 bits per heavy atom. The lowest BCUT2D eigenvalue weighted by Crippen LogP contribution is -2.49. The molecule has 6 rings (SSSR count). The number of amides is 1. The first-order valence-corrected chi connectivity index (χ1v) is 14.3. The number of nitrogens with one attached hydrogen (secondary N) is 3. The number of nitrogens with zero attached hydrogens (tertiary/aromatic N) is 6. The van der Waals surface area contributed by atoms with Crippen LogP contribution in [0.2, 0.25) is 0 Å². The first-order chi connectivity index (χ1) is 21.1. The van der Waals surface area contributed by atoms with E-state index in [1.807, 2.05) is 23.6 Å². The number of aromatic nitrogens is 4. The van der Waals surface area contributed by atoms with Crippen molar-refractivity contribution in [3.05, 3.63) is 65.6 Å². The maximum atomic E-state index is 13.8. The second-order valence-corrected chi connectivity index (χ2v) is 10.9. The Labute approximate surface area is 251 Å². The van der Waals surface area contributed by atoms with Crippen LogP contribution in [0.1, 0.15) is 28.4 Å². The zero-order chi connectivity index (χ0) is 30.8. The molecule has 4 aromatic rings. The van der Waals surface area contributed by atoms with Crippen molar-refractivity contribution in [2.75, 3.05) is 66.4 Å². The Kier molecular flexibility index (Phi) is 8.19. The molecular weight excluding hydrogens is 575 g/mol. The number of rotatable bonds is 6. The summed E-state index contributed by atoms with van der Waals surface area (Å²) in [7, 11) is 0. The van der Waals surface area contributed by atoms with E-state index in [2.05, 4.69) is 30.9 Å². The number of halogens is 3. The number of carbonyl (C=O) groups is 1. The van der Waals surface area contributed by atoms with E-state index in [1.165, 1.54) is 6.33 Å². The number of piperazine rings is 1. The molecule has 2 fully saturated rings. The highest BCUT2D eigenvalue weighted by Crippen LogP contribution is 2.35. The van der Waals surface area contributed by atoms with Crippen molar-refractivity contribution in [2.45, 2.75) is 26.1 Å². The lowest BCUT2D eigenvalue weighted by atomic mass is 10.1. The van der Waals surface area contributed by atoms with Crippen molar-refractivity contribution < 1.29 is 22.7 Å². The second kappa shape index (κ2) is 12.2. The minimum Gasteiger partial charge on any atom is -0.378 e. The molecule has 4 heterocycles. The van der Waals surface area contributed by atoms with Gasteiger partial charge in [-0.2, -0.15) is 13.2 Å². The van der Waals surface area contributed by atoms with Gasteiger partial charge in [-0.15, -0.1) is 0 Å². The standard InChI is InChI=1S/C30H32F3N9O2/c1-18-3-4-20(28(43)38-22-12-21(30(31,32)33)13-23(14-22)42-6-5-34-19(2)16-42)11-24(18)39-27-26-25(36-17-37-27)15-35-29(40-26)41-7-9-44-10-8-41/h3-4,11-15,17,19,34H,5-10,16H2,1-2H3,(H,38,43)(H,36,37,39). The molecule has 230 valence electrons. The highest BCUT2D eigenvalue weighted by Gasteiger charge is 2.32. The average Bonchev–Trinajstić information content (AvgIpc) is 3.02. The zero-order valence-electron chi connectivity index (χ0n) is 24.3. The van der Waals surface area contributed by atoms with Crippen LogP contribution < -0.4 is 25.8 Å². The van der Waals surface area contributed by atoms with Gasteiger partial charge in [0.25, 0.3) is 5.91 Å². The summed E-state index contributed by atoms with van der Waals surface area (Å²) in [5.74, 6) is 0.427. The van der Waals surface area contributed by atoms with Crippen molar-refractivity contribution in [1.82, 2.24) is 25.3 Å². The van der Waals surface area contributed by atoms with E-state index in [1.54, 1.807) is 30.5 Å². The number of fused-ring (bicyclic) bond motifs is 1. The zero-order valence-corrected chi connectivity index (χ0v) is 24.3. The van der Waals surface area contributed by atoms with Crippen LogP contribution in [0.4, 0.5) is 42.0 Å². The molecule has 14 heteroatoms. The Morgan fingerprint density at radius 2 is 1.86 bits per heavy atom. The second-order valence-electron chi connectivity index (χ2n) is 10.9. The van der Waals surface area contributed by atoms with Gasteiger partial charge in [-0.05, 0) is 49.7 Å². The molecule has 2 saturated heterocycles. The molecule has 0 saturated carbocycles. The smallest absolute Gasteiger partial charge is 0.378 e. The summed E-state index contributed by atoms with van der Waals surface area (Å²) in [5.41, 5.74) is 2.38. The number of hydrogen-bond acceptors (Lipinski definition) is 10. The summed E-state index contributed by atoms with van der Waals surface area (Å²) >= 11 is 0. The Morgan fingerprint density at radius 1 is 1.05 bits per heavy atom. The SMILES string of the molecule is Cc1ccc(C(=O)Nc2cc(N3CCNC(C)C3)cc(C(F)(F)F)c2)cc1Nc1ncnc2cnc(N3CCOCC3)nc12. The number of carbonyl (C=O) groups excluding carboxylic acids is 1. The quantitative estimate of drug-likeness (QED) is 0.291. The van der Waals surface area contributed by atoms with Gasteiger partial charge < -0.3 is 30.5 Å². The van der Waals surface area contributed by atoms with Crippen molar-refractivity contribution in [3.8, 4) is 0 Å². The Hall–Kier alpha value is -4.56. The summed E-state index contributed by atoms with van der Waals surface area (Å²) in [4.78, 5) is 35.1. The van der Waals surface area contributed by atoms with Gasteiger partial charge in [-0.1, -0.05) is 6.07 Å². The molecule has 2 aromatic carbocycles. The average molecular weight is 608 g/mol. The largest absolute Gasteiger partial charge is 0.416 e. The maximum Gasteiger partial charge on any atom is 0.416 e. The number of aryl methyl sites for hydroxylation is 1. The normalized spacial score (nSPS) is 17.5. The fraction of sp³-hybridized carbons (Fsp3) is 0.367. The van der Waals surface area contributed by atoms with Crippen LogP contribution in [0.15, 0.2) is 48.9 Å². The predicted molar refractivity (Wildman–Crippen MR) is 162 cm³/mol. The molecule has 2 aliphatic heterocycles. The number of hydrogen-bond donors (Lipinski definition) is 3. The minimum absolute atomic E-state index is 0.0650. The fourth-order valence-electron chi connectivity index (χ4n) is 5.28. The predicted octanol–water partition coefficient (Wildman–Crippen LogP) is 4.38. The van der Waals surface area contributed by atoms with Gasteiger partial charge in [-0.25, -0.2) is 19.9 Å². The fourth-order valence-corrected chi connectivity index (χ4v) is 5.28. The summed E-state index contributed by atoms with van der Waals surface area (Å²) in [6.07, 6.45) is -1.53. The molecule has 1 amide bonds. The van der Waals surface area contributed by atoms with Gasteiger partial charge in [0.1, 0.15) is 17.4 Å². The van der Waals surface area contributed by atoms with Crippen LogP contribution in [0.3, 0.4) is 0 Å². The summed E-state index contributed by atoms with van der Waals surface area (Å²) in [6.45, 7) is 8.12.